The molecule has 2 N–H and O–H groups in total. The number of hydrogen-bond acceptors (Lipinski definition) is 5. The normalized spacial score (nSPS) is 11.9. The van der Waals surface area contributed by atoms with Gasteiger partial charge in [0.1, 0.15) is 22.7 Å². The van der Waals surface area contributed by atoms with Gasteiger partial charge in [-0.3, -0.25) is 0 Å². The summed E-state index contributed by atoms with van der Waals surface area (Å²) >= 11 is 0. The topological polar surface area (TPSA) is 59.1 Å². The van der Waals surface area contributed by atoms with Gasteiger partial charge in [-0.25, -0.2) is 4.98 Å². The summed E-state index contributed by atoms with van der Waals surface area (Å²) < 4.78 is 46.7. The molecule has 3 aromatic rings. The van der Waals surface area contributed by atoms with Crippen LogP contribution in [0.25, 0.3) is 0 Å². The van der Waals surface area contributed by atoms with Gasteiger partial charge in [-0.05, 0) is 63.4 Å². The van der Waals surface area contributed by atoms with E-state index in [1.165, 1.54) is 12.0 Å². The van der Waals surface area contributed by atoms with Crippen LogP contribution in [-0.4, -0.2) is 15.6 Å². The summed E-state index contributed by atoms with van der Waals surface area (Å²) in [6.07, 6.45) is 0.641. The Balaban J connectivity index is 1.81. The molecule has 0 saturated heterocycles. The molecule has 0 spiro atoms. The molecule has 8 heteroatoms. The van der Waals surface area contributed by atoms with E-state index in [0.717, 1.165) is 25.5 Å². The molecule has 0 saturated carbocycles. The highest BCUT2D eigenvalue weighted by Gasteiger charge is 2.35. The van der Waals surface area contributed by atoms with E-state index in [2.05, 4.69) is 27.5 Å². The van der Waals surface area contributed by atoms with Crippen molar-refractivity contribution < 1.29 is 17.9 Å². The number of ether oxygens (including phenoxy) is 1. The van der Waals surface area contributed by atoms with Crippen molar-refractivity contribution in [2.24, 2.45) is 0 Å². The molecule has 0 aliphatic carbocycles. The fraction of sp³-hybridized carbons (Fsp3) is 0.385. The average Bonchev–Trinajstić information content (AvgIpc) is 2.73. The highest BCUT2D eigenvalue weighted by atomic mass is 19.4. The zero-order valence-corrected chi connectivity index (χ0v) is 20.0. The monoisotopic (exact) mass is 472 g/mol. The molecule has 0 fully saturated rings. The minimum atomic E-state index is -4.61. The van der Waals surface area contributed by atoms with Crippen LogP contribution >= 0.6 is 0 Å². The molecule has 1 heterocycles. The van der Waals surface area contributed by atoms with Crippen molar-refractivity contribution in [3.8, 4) is 5.75 Å². The van der Waals surface area contributed by atoms with Crippen molar-refractivity contribution in [2.45, 2.75) is 65.2 Å². The van der Waals surface area contributed by atoms with Crippen LogP contribution in [-0.2, 0) is 12.6 Å². The maximum absolute atomic E-state index is 13.6. The second kappa shape index (κ2) is 10.8. The first kappa shape index (κ1) is 25.3. The quantitative estimate of drug-likeness (QED) is 0.310. The molecule has 34 heavy (non-hydrogen) atoms. The fourth-order valence-corrected chi connectivity index (χ4v) is 3.34. The molecular weight excluding hydrogens is 441 g/mol. The predicted molar refractivity (Wildman–Crippen MR) is 130 cm³/mol. The van der Waals surface area contributed by atoms with Crippen molar-refractivity contribution in [3.63, 3.8) is 0 Å². The van der Waals surface area contributed by atoms with Crippen LogP contribution < -0.4 is 15.4 Å². The fourth-order valence-electron chi connectivity index (χ4n) is 3.34. The maximum atomic E-state index is 13.6. The minimum Gasteiger partial charge on any atom is -0.488 e. The number of aromatic nitrogens is 2. The van der Waals surface area contributed by atoms with E-state index in [1.54, 1.807) is 24.3 Å². The molecule has 0 atom stereocenters. The molecule has 0 amide bonds. The highest BCUT2D eigenvalue weighted by Crippen LogP contribution is 2.36. The molecule has 0 aliphatic rings. The number of nitrogens with zero attached hydrogens (tertiary/aromatic N) is 2. The van der Waals surface area contributed by atoms with Gasteiger partial charge in [-0.2, -0.15) is 18.2 Å². The minimum absolute atomic E-state index is 0.0660. The van der Waals surface area contributed by atoms with Gasteiger partial charge in [0.2, 0.25) is 5.95 Å². The summed E-state index contributed by atoms with van der Waals surface area (Å²) in [5, 5.41) is 5.77. The Kier molecular flexibility index (Phi) is 8.02. The molecule has 1 aromatic heterocycles. The van der Waals surface area contributed by atoms with Crippen LogP contribution in [0.4, 0.5) is 36.3 Å². The van der Waals surface area contributed by atoms with Crippen molar-refractivity contribution in [1.82, 2.24) is 9.97 Å². The number of alkyl halides is 3. The number of nitrogens with one attached hydrogen (secondary N) is 2. The van der Waals surface area contributed by atoms with Crippen molar-refractivity contribution >= 4 is 23.1 Å². The lowest BCUT2D eigenvalue weighted by atomic mass is 10.1. The lowest BCUT2D eigenvalue weighted by Crippen LogP contribution is -2.22. The lowest BCUT2D eigenvalue weighted by molar-refractivity contribution is -0.137. The van der Waals surface area contributed by atoms with Crippen molar-refractivity contribution in [1.29, 1.82) is 0 Å². The zero-order valence-electron chi connectivity index (χ0n) is 20.0. The second-order valence-corrected chi connectivity index (χ2v) is 9.10. The summed E-state index contributed by atoms with van der Waals surface area (Å²) in [6, 6.07) is 14.5. The van der Waals surface area contributed by atoms with E-state index < -0.39 is 17.3 Å². The predicted octanol–water partition coefficient (Wildman–Crippen LogP) is 7.89. The Morgan fingerprint density at radius 1 is 0.912 bits per heavy atom. The molecule has 5 nitrogen and oxygen atoms in total. The number of halogens is 3. The van der Waals surface area contributed by atoms with Gasteiger partial charge in [0.15, 0.2) is 0 Å². The smallest absolute Gasteiger partial charge is 0.421 e. The van der Waals surface area contributed by atoms with Crippen LogP contribution in [0.5, 0.6) is 5.75 Å². The Hall–Kier alpha value is -3.29. The third kappa shape index (κ3) is 7.64. The Bertz CT molecular complexity index is 1080. The van der Waals surface area contributed by atoms with Gasteiger partial charge in [0.05, 0.1) is 0 Å². The molecule has 182 valence electrons. The molecule has 0 aliphatic heterocycles. The largest absolute Gasteiger partial charge is 0.488 e. The second-order valence-electron chi connectivity index (χ2n) is 9.10. The van der Waals surface area contributed by atoms with Gasteiger partial charge in [-0.15, -0.1) is 0 Å². The number of benzene rings is 2. The number of anilines is 4. The van der Waals surface area contributed by atoms with E-state index in [1.807, 2.05) is 45.0 Å². The van der Waals surface area contributed by atoms with Crippen LogP contribution in [0.3, 0.4) is 0 Å². The van der Waals surface area contributed by atoms with Crippen molar-refractivity contribution in [2.75, 3.05) is 10.6 Å². The van der Waals surface area contributed by atoms with Crippen LogP contribution in [0.2, 0.25) is 0 Å². The van der Waals surface area contributed by atoms with E-state index in [9.17, 15) is 13.2 Å². The van der Waals surface area contributed by atoms with Crippen molar-refractivity contribution in [3.05, 3.63) is 65.9 Å². The summed E-state index contributed by atoms with van der Waals surface area (Å²) in [4.78, 5) is 8.01. The van der Waals surface area contributed by atoms with Crippen LogP contribution in [0.1, 0.15) is 58.1 Å². The first-order valence-electron chi connectivity index (χ1n) is 11.4. The number of aryl methyl sites for hydroxylation is 1. The standard InChI is InChI=1S/C26H31F3N4O/c1-5-6-7-9-18-12-14-19(15-13-18)32-24-30-17-22(26(27,28)29)23(33-24)31-20-10-8-11-21(16-20)34-25(2,3)4/h8,10-17H,5-7,9H2,1-4H3,(H2,30,31,32,33). The summed E-state index contributed by atoms with van der Waals surface area (Å²) in [5.74, 6) is 0.267. The molecule has 0 unspecified atom stereocenters. The number of hydrogen-bond donors (Lipinski definition) is 2. The molecule has 0 bridgehead atoms. The van der Waals surface area contributed by atoms with Gasteiger partial charge >= 0.3 is 6.18 Å². The Morgan fingerprint density at radius 3 is 2.29 bits per heavy atom. The van der Waals surface area contributed by atoms with Crippen LogP contribution in [0, 0.1) is 0 Å². The SMILES string of the molecule is CCCCCc1ccc(Nc2ncc(C(F)(F)F)c(Nc3cccc(OC(C)(C)C)c3)n2)cc1. The molecule has 0 radical (unpaired) electrons. The van der Waals surface area contributed by atoms with Gasteiger partial charge in [0, 0.05) is 23.6 Å². The molecule has 2 aromatic carbocycles. The van der Waals surface area contributed by atoms with Gasteiger partial charge < -0.3 is 15.4 Å². The van der Waals surface area contributed by atoms with Gasteiger partial charge in [-0.1, -0.05) is 38.0 Å². The van der Waals surface area contributed by atoms with Gasteiger partial charge in [0.25, 0.3) is 0 Å². The van der Waals surface area contributed by atoms with Crippen LogP contribution in [0.15, 0.2) is 54.7 Å². The Labute approximate surface area is 198 Å². The van der Waals surface area contributed by atoms with E-state index in [4.69, 9.17) is 4.74 Å². The molecular formula is C26H31F3N4O. The third-order valence-corrected chi connectivity index (χ3v) is 4.89. The maximum Gasteiger partial charge on any atom is 0.421 e. The molecule has 3 rings (SSSR count). The third-order valence-electron chi connectivity index (χ3n) is 4.89. The number of unbranched alkanes of at least 4 members (excludes halogenated alkanes) is 2. The summed E-state index contributed by atoms with van der Waals surface area (Å²) in [5.41, 5.74) is 0.949. The van der Waals surface area contributed by atoms with E-state index >= 15 is 0 Å². The Morgan fingerprint density at radius 2 is 1.65 bits per heavy atom. The highest BCUT2D eigenvalue weighted by molar-refractivity contribution is 5.64. The zero-order chi connectivity index (χ0) is 24.8. The van der Waals surface area contributed by atoms with E-state index in [-0.39, 0.29) is 11.8 Å². The summed E-state index contributed by atoms with van der Waals surface area (Å²) in [7, 11) is 0. The lowest BCUT2D eigenvalue weighted by Gasteiger charge is -2.22. The number of rotatable bonds is 9. The average molecular weight is 473 g/mol. The first-order valence-corrected chi connectivity index (χ1v) is 11.4. The first-order chi connectivity index (χ1) is 16.0. The van der Waals surface area contributed by atoms with E-state index in [0.29, 0.717) is 17.1 Å². The summed E-state index contributed by atoms with van der Waals surface area (Å²) in [6.45, 7) is 7.86.